The third-order valence-electron chi connectivity index (χ3n) is 3.64. The van der Waals surface area contributed by atoms with Crippen LogP contribution in [-0.4, -0.2) is 6.54 Å². The third-order valence-corrected chi connectivity index (χ3v) is 3.64. The first kappa shape index (κ1) is 13.8. The minimum Gasteiger partial charge on any atom is -0.330 e. The molecule has 2 rings (SSSR count). The van der Waals surface area contributed by atoms with Gasteiger partial charge in [0.2, 0.25) is 0 Å². The van der Waals surface area contributed by atoms with E-state index in [9.17, 15) is 0 Å². The maximum absolute atomic E-state index is 5.80. The van der Waals surface area contributed by atoms with Crippen LogP contribution in [0.3, 0.4) is 0 Å². The summed E-state index contributed by atoms with van der Waals surface area (Å²) >= 11 is 0. The Morgan fingerprint density at radius 1 is 0.895 bits per heavy atom. The fourth-order valence-corrected chi connectivity index (χ4v) is 2.51. The molecule has 1 atom stereocenters. The minimum atomic E-state index is 0. The summed E-state index contributed by atoms with van der Waals surface area (Å²) in [5.41, 5.74) is 9.93. The van der Waals surface area contributed by atoms with Crippen molar-refractivity contribution in [1.82, 2.24) is 0 Å². The highest BCUT2D eigenvalue weighted by atomic mass is 14.5. The molecule has 0 saturated carbocycles. The fraction of sp³-hybridized carbons (Fsp3) is 0.333. The van der Waals surface area contributed by atoms with Crippen molar-refractivity contribution < 1.29 is 1.43 Å². The standard InChI is InChI=1S/C18H23N.H2/c1-14(2)16-9-6-10-17(13-16)18(11-12-19)15-7-4-3-5-8-15;/h3-10,13-14,18H,11-12,19H2,1-2H3;1H. The smallest absolute Gasteiger partial charge is 0.0101 e. The third kappa shape index (κ3) is 3.45. The van der Waals surface area contributed by atoms with Gasteiger partial charge in [-0.15, -0.1) is 0 Å². The van der Waals surface area contributed by atoms with Crippen LogP contribution in [0.2, 0.25) is 0 Å². The van der Waals surface area contributed by atoms with Crippen LogP contribution in [0.1, 0.15) is 50.2 Å². The molecule has 1 unspecified atom stereocenters. The zero-order valence-corrected chi connectivity index (χ0v) is 11.8. The summed E-state index contributed by atoms with van der Waals surface area (Å²) in [4.78, 5) is 0. The van der Waals surface area contributed by atoms with Gasteiger partial charge >= 0.3 is 0 Å². The number of rotatable bonds is 5. The van der Waals surface area contributed by atoms with E-state index in [4.69, 9.17) is 5.73 Å². The van der Waals surface area contributed by atoms with E-state index in [0.717, 1.165) is 6.42 Å². The second-order valence-electron chi connectivity index (χ2n) is 5.37. The molecule has 0 aliphatic rings. The van der Waals surface area contributed by atoms with Gasteiger partial charge in [0, 0.05) is 7.34 Å². The van der Waals surface area contributed by atoms with Gasteiger partial charge in [-0.1, -0.05) is 68.4 Å². The first-order valence-corrected chi connectivity index (χ1v) is 7.07. The van der Waals surface area contributed by atoms with Gasteiger partial charge < -0.3 is 5.73 Å². The van der Waals surface area contributed by atoms with E-state index in [1.54, 1.807) is 0 Å². The summed E-state index contributed by atoms with van der Waals surface area (Å²) in [6, 6.07) is 19.6. The maximum atomic E-state index is 5.80. The van der Waals surface area contributed by atoms with Gasteiger partial charge in [-0.05, 0) is 35.6 Å². The summed E-state index contributed by atoms with van der Waals surface area (Å²) in [5, 5.41) is 0. The molecule has 0 aromatic heterocycles. The Bertz CT molecular complexity index is 508. The van der Waals surface area contributed by atoms with Crippen LogP contribution < -0.4 is 5.73 Å². The normalized spacial score (nSPS) is 12.6. The molecule has 19 heavy (non-hydrogen) atoms. The van der Waals surface area contributed by atoms with Crippen molar-refractivity contribution in [2.24, 2.45) is 5.73 Å². The summed E-state index contributed by atoms with van der Waals surface area (Å²) in [6.45, 7) is 5.19. The van der Waals surface area contributed by atoms with E-state index in [1.165, 1.54) is 16.7 Å². The van der Waals surface area contributed by atoms with Crippen molar-refractivity contribution in [1.29, 1.82) is 0 Å². The van der Waals surface area contributed by atoms with Crippen LogP contribution in [0, 0.1) is 0 Å². The van der Waals surface area contributed by atoms with E-state index in [1.807, 2.05) is 0 Å². The molecule has 2 N–H and O–H groups in total. The Labute approximate surface area is 118 Å². The zero-order chi connectivity index (χ0) is 13.7. The van der Waals surface area contributed by atoms with Gasteiger partial charge in [-0.3, -0.25) is 0 Å². The van der Waals surface area contributed by atoms with Crippen molar-refractivity contribution in [3.05, 3.63) is 71.3 Å². The lowest BCUT2D eigenvalue weighted by Crippen LogP contribution is -2.09. The quantitative estimate of drug-likeness (QED) is 0.834. The summed E-state index contributed by atoms with van der Waals surface area (Å²) in [7, 11) is 0. The predicted octanol–water partition coefficient (Wildman–Crippen LogP) is 4.54. The largest absolute Gasteiger partial charge is 0.330 e. The lowest BCUT2D eigenvalue weighted by Gasteiger charge is -2.19. The van der Waals surface area contributed by atoms with Crippen molar-refractivity contribution in [2.45, 2.75) is 32.1 Å². The first-order chi connectivity index (χ1) is 9.22. The molecular weight excluding hydrogens is 230 g/mol. The van der Waals surface area contributed by atoms with Crippen LogP contribution in [-0.2, 0) is 0 Å². The molecule has 0 spiro atoms. The summed E-state index contributed by atoms with van der Waals surface area (Å²) in [6.07, 6.45) is 0.992. The SMILES string of the molecule is CC(C)c1cccc(C(CCN)c2ccccc2)c1.[HH]. The van der Waals surface area contributed by atoms with Crippen LogP contribution >= 0.6 is 0 Å². The number of hydrogen-bond acceptors (Lipinski definition) is 1. The fourth-order valence-electron chi connectivity index (χ4n) is 2.51. The van der Waals surface area contributed by atoms with Gasteiger partial charge in [0.1, 0.15) is 0 Å². The molecule has 0 heterocycles. The highest BCUT2D eigenvalue weighted by Crippen LogP contribution is 2.29. The van der Waals surface area contributed by atoms with E-state index < -0.39 is 0 Å². The molecule has 1 heteroatoms. The molecule has 0 saturated heterocycles. The van der Waals surface area contributed by atoms with E-state index in [-0.39, 0.29) is 1.43 Å². The van der Waals surface area contributed by atoms with Crippen molar-refractivity contribution >= 4 is 0 Å². The summed E-state index contributed by atoms with van der Waals surface area (Å²) < 4.78 is 0. The lowest BCUT2D eigenvalue weighted by molar-refractivity contribution is 0.723. The van der Waals surface area contributed by atoms with Crippen molar-refractivity contribution in [2.75, 3.05) is 6.54 Å². The van der Waals surface area contributed by atoms with Gasteiger partial charge in [-0.25, -0.2) is 0 Å². The summed E-state index contributed by atoms with van der Waals surface area (Å²) in [5.74, 6) is 0.971. The monoisotopic (exact) mass is 255 g/mol. The minimum absolute atomic E-state index is 0. The molecule has 0 fully saturated rings. The van der Waals surface area contributed by atoms with Crippen molar-refractivity contribution in [3.8, 4) is 0 Å². The van der Waals surface area contributed by atoms with E-state index >= 15 is 0 Å². The average Bonchev–Trinajstić information content (AvgIpc) is 2.46. The molecule has 0 amide bonds. The average molecular weight is 255 g/mol. The Balaban J connectivity index is 0.00000200. The number of nitrogens with two attached hydrogens (primary N) is 1. The Morgan fingerprint density at radius 2 is 1.53 bits per heavy atom. The van der Waals surface area contributed by atoms with Crippen molar-refractivity contribution in [3.63, 3.8) is 0 Å². The van der Waals surface area contributed by atoms with Gasteiger partial charge in [0.05, 0.1) is 0 Å². The zero-order valence-electron chi connectivity index (χ0n) is 11.8. The van der Waals surface area contributed by atoms with Crippen LogP contribution in [0.5, 0.6) is 0 Å². The molecule has 0 aliphatic carbocycles. The first-order valence-electron chi connectivity index (χ1n) is 7.07. The second kappa shape index (κ2) is 6.53. The van der Waals surface area contributed by atoms with Gasteiger partial charge in [-0.2, -0.15) is 0 Å². The molecule has 0 bridgehead atoms. The topological polar surface area (TPSA) is 26.0 Å². The number of benzene rings is 2. The predicted molar refractivity (Wildman–Crippen MR) is 84.6 cm³/mol. The lowest BCUT2D eigenvalue weighted by atomic mass is 9.86. The van der Waals surface area contributed by atoms with Crippen LogP contribution in [0.15, 0.2) is 54.6 Å². The molecule has 1 nitrogen and oxygen atoms in total. The highest BCUT2D eigenvalue weighted by Gasteiger charge is 2.13. The highest BCUT2D eigenvalue weighted by molar-refractivity contribution is 5.35. The Morgan fingerprint density at radius 3 is 2.16 bits per heavy atom. The second-order valence-corrected chi connectivity index (χ2v) is 5.37. The Hall–Kier alpha value is -1.60. The molecular formula is C18H25N. The van der Waals surface area contributed by atoms with Gasteiger partial charge in [0.15, 0.2) is 0 Å². The van der Waals surface area contributed by atoms with E-state index in [0.29, 0.717) is 18.4 Å². The van der Waals surface area contributed by atoms with Crippen LogP contribution in [0.4, 0.5) is 0 Å². The number of hydrogen-bond donors (Lipinski definition) is 1. The molecule has 2 aromatic carbocycles. The molecule has 0 aliphatic heterocycles. The van der Waals surface area contributed by atoms with E-state index in [2.05, 4.69) is 68.4 Å². The molecule has 102 valence electrons. The van der Waals surface area contributed by atoms with Crippen LogP contribution in [0.25, 0.3) is 0 Å². The maximum Gasteiger partial charge on any atom is 0.0101 e. The molecule has 2 aromatic rings. The Kier molecular flexibility index (Phi) is 4.75. The van der Waals surface area contributed by atoms with Gasteiger partial charge in [0.25, 0.3) is 0 Å². The molecule has 0 radical (unpaired) electrons.